The van der Waals surface area contributed by atoms with Gasteiger partial charge in [-0.05, 0) is 6.07 Å². The minimum absolute atomic E-state index is 0.541. The van der Waals surface area contributed by atoms with E-state index in [9.17, 15) is 18.8 Å². The molecule has 1 aromatic rings. The van der Waals surface area contributed by atoms with Gasteiger partial charge in [0.25, 0.3) is 0 Å². The lowest BCUT2D eigenvalue weighted by Gasteiger charge is -2.08. The van der Waals surface area contributed by atoms with Gasteiger partial charge >= 0.3 is 11.9 Å². The Kier molecular flexibility index (Phi) is 4.20. The van der Waals surface area contributed by atoms with Gasteiger partial charge < -0.3 is 10.2 Å². The fraction of sp³-hybridized carbons (Fsp3) is 0.111. The number of rotatable bonds is 4. The normalized spacial score (nSPS) is 10.4. The van der Waals surface area contributed by atoms with Crippen molar-refractivity contribution in [2.24, 2.45) is 5.92 Å². The molecule has 1 heterocycles. The molecule has 18 heavy (non-hydrogen) atoms. The number of carboxylic acids is 2. The second-order valence-electron chi connectivity index (χ2n) is 3.07. The van der Waals surface area contributed by atoms with Gasteiger partial charge in [-0.15, -0.1) is 0 Å². The number of carbonyl (C=O) groups excluding carboxylic acids is 1. The van der Waals surface area contributed by atoms with E-state index in [-0.39, 0.29) is 0 Å². The summed E-state index contributed by atoms with van der Waals surface area (Å²) >= 11 is 10.8. The van der Waals surface area contributed by atoms with E-state index in [0.717, 1.165) is 0 Å². The zero-order valence-corrected chi connectivity index (χ0v) is 9.87. The molecule has 9 heteroatoms. The molecule has 0 aromatic carbocycles. The van der Waals surface area contributed by atoms with Crippen molar-refractivity contribution in [3.63, 3.8) is 0 Å². The second-order valence-corrected chi connectivity index (χ2v) is 3.79. The van der Waals surface area contributed by atoms with Gasteiger partial charge in [0.2, 0.25) is 5.92 Å². The maximum atomic E-state index is 13.1. The Morgan fingerprint density at radius 3 is 2.11 bits per heavy atom. The lowest BCUT2D eigenvalue weighted by Crippen LogP contribution is -2.32. The summed E-state index contributed by atoms with van der Waals surface area (Å²) in [6, 6.07) is 0.541. The summed E-state index contributed by atoms with van der Waals surface area (Å²) in [5.74, 6) is -8.66. The highest BCUT2D eigenvalue weighted by atomic mass is 35.5. The monoisotopic (exact) mass is 295 g/mol. The van der Waals surface area contributed by atoms with E-state index in [0.29, 0.717) is 6.07 Å². The highest BCUT2D eigenvalue weighted by Gasteiger charge is 2.36. The zero-order valence-electron chi connectivity index (χ0n) is 8.35. The minimum atomic E-state index is -2.38. The van der Waals surface area contributed by atoms with E-state index in [4.69, 9.17) is 33.4 Å². The zero-order chi connectivity index (χ0) is 14.0. The molecule has 6 nitrogen and oxygen atoms in total. The van der Waals surface area contributed by atoms with Crippen molar-refractivity contribution < 1.29 is 29.0 Å². The third-order valence-corrected chi connectivity index (χ3v) is 2.46. The smallest absolute Gasteiger partial charge is 0.325 e. The second kappa shape index (κ2) is 5.28. The van der Waals surface area contributed by atoms with Gasteiger partial charge in [-0.2, -0.15) is 0 Å². The molecule has 0 saturated heterocycles. The number of Topliss-reactive ketones (excluding diaryl/α,β-unsaturated/α-hetero) is 1. The number of aliphatic carboxylic acids is 2. The van der Waals surface area contributed by atoms with Crippen LogP contribution in [-0.4, -0.2) is 32.9 Å². The van der Waals surface area contributed by atoms with Gasteiger partial charge in [-0.25, -0.2) is 9.37 Å². The van der Waals surface area contributed by atoms with Gasteiger partial charge in [0.05, 0.1) is 5.56 Å². The van der Waals surface area contributed by atoms with Crippen molar-refractivity contribution in [2.45, 2.75) is 0 Å². The maximum Gasteiger partial charge on any atom is 0.325 e. The predicted molar refractivity (Wildman–Crippen MR) is 57.3 cm³/mol. The molecule has 96 valence electrons. The highest BCUT2D eigenvalue weighted by molar-refractivity contribution is 6.36. The summed E-state index contributed by atoms with van der Waals surface area (Å²) in [6.45, 7) is 0. The average molecular weight is 296 g/mol. The first-order chi connectivity index (χ1) is 8.25. The Hall–Kier alpha value is -1.73. The summed E-state index contributed by atoms with van der Waals surface area (Å²) in [4.78, 5) is 36.1. The third-order valence-electron chi connectivity index (χ3n) is 1.91. The molecule has 0 saturated carbocycles. The first-order valence-corrected chi connectivity index (χ1v) is 5.02. The van der Waals surface area contributed by atoms with E-state index in [1.54, 1.807) is 0 Å². The Morgan fingerprint density at radius 2 is 1.67 bits per heavy atom. The number of nitrogens with zero attached hydrogens (tertiary/aromatic N) is 1. The summed E-state index contributed by atoms with van der Waals surface area (Å²) in [5.41, 5.74) is -0.659. The first-order valence-electron chi connectivity index (χ1n) is 4.27. The van der Waals surface area contributed by atoms with Crippen molar-refractivity contribution in [3.8, 4) is 0 Å². The molecule has 1 aromatic heterocycles. The summed E-state index contributed by atoms with van der Waals surface area (Å²) in [5, 5.41) is 16.0. The summed E-state index contributed by atoms with van der Waals surface area (Å²) in [6.07, 6.45) is 0. The van der Waals surface area contributed by atoms with E-state index in [2.05, 4.69) is 4.98 Å². The van der Waals surface area contributed by atoms with E-state index < -0.39 is 45.3 Å². The van der Waals surface area contributed by atoms with Crippen LogP contribution >= 0.6 is 23.2 Å². The van der Waals surface area contributed by atoms with Crippen LogP contribution in [-0.2, 0) is 9.59 Å². The van der Waals surface area contributed by atoms with Crippen LogP contribution in [0.4, 0.5) is 4.39 Å². The molecule has 0 aliphatic carbocycles. The van der Waals surface area contributed by atoms with Gasteiger partial charge in [-0.3, -0.25) is 14.4 Å². The van der Waals surface area contributed by atoms with Gasteiger partial charge in [0.1, 0.15) is 5.15 Å². The molecule has 0 aliphatic rings. The average Bonchev–Trinajstić information content (AvgIpc) is 2.22. The lowest BCUT2D eigenvalue weighted by molar-refractivity contribution is -0.151. The third kappa shape index (κ3) is 2.74. The minimum Gasteiger partial charge on any atom is -0.480 e. The molecule has 0 fully saturated rings. The molecule has 0 spiro atoms. The van der Waals surface area contributed by atoms with Crippen molar-refractivity contribution >= 4 is 40.9 Å². The molecule has 0 atom stereocenters. The van der Waals surface area contributed by atoms with Gasteiger partial charge in [-0.1, -0.05) is 23.2 Å². The Balaban J connectivity index is 3.30. The molecule has 1 rings (SSSR count). The molecule has 2 N–H and O–H groups in total. The number of pyridine rings is 1. The van der Waals surface area contributed by atoms with Crippen LogP contribution in [0, 0.1) is 11.7 Å². The summed E-state index contributed by atoms with van der Waals surface area (Å²) in [7, 11) is 0. The highest BCUT2D eigenvalue weighted by Crippen LogP contribution is 2.23. The number of ketones is 1. The SMILES string of the molecule is O=C(O)C(C(=O)O)C(=O)c1cc(F)c(Cl)nc1Cl. The number of carbonyl (C=O) groups is 3. The molecular formula is C9H4Cl2FNO5. The standard InChI is InChI=1S/C9H4Cl2FNO5/c10-6-2(1-3(12)7(11)13-6)5(14)4(8(15)16)9(17)18/h1,4H,(H,15,16)(H,17,18). The summed E-state index contributed by atoms with van der Waals surface area (Å²) < 4.78 is 13.1. The largest absolute Gasteiger partial charge is 0.480 e. The van der Waals surface area contributed by atoms with Crippen molar-refractivity contribution in [2.75, 3.05) is 0 Å². The maximum absolute atomic E-state index is 13.1. The first kappa shape index (κ1) is 14.3. The van der Waals surface area contributed by atoms with Crippen LogP contribution in [0.5, 0.6) is 0 Å². The van der Waals surface area contributed by atoms with Crippen LogP contribution in [0.25, 0.3) is 0 Å². The lowest BCUT2D eigenvalue weighted by atomic mass is 9.99. The quantitative estimate of drug-likeness (QED) is 0.495. The van der Waals surface area contributed by atoms with Crippen molar-refractivity contribution in [3.05, 3.63) is 27.8 Å². The van der Waals surface area contributed by atoms with Crippen molar-refractivity contribution in [1.82, 2.24) is 4.98 Å². The molecule has 0 unspecified atom stereocenters. The Bertz CT molecular complexity index is 534. The molecule has 0 radical (unpaired) electrons. The molecular weight excluding hydrogens is 292 g/mol. The van der Waals surface area contributed by atoms with Crippen LogP contribution in [0.15, 0.2) is 6.07 Å². The number of hydrogen-bond acceptors (Lipinski definition) is 4. The topological polar surface area (TPSA) is 105 Å². The number of carboxylic acid groups (broad SMARTS) is 2. The number of halogens is 3. The number of hydrogen-bond donors (Lipinski definition) is 2. The van der Waals surface area contributed by atoms with Crippen LogP contribution in [0.3, 0.4) is 0 Å². The van der Waals surface area contributed by atoms with Crippen LogP contribution in [0.2, 0.25) is 10.3 Å². The number of aromatic nitrogens is 1. The Labute approximate surface area is 109 Å². The van der Waals surface area contributed by atoms with E-state index in [1.165, 1.54) is 0 Å². The molecule has 0 aliphatic heterocycles. The van der Waals surface area contributed by atoms with E-state index >= 15 is 0 Å². The fourth-order valence-electron chi connectivity index (χ4n) is 1.10. The van der Waals surface area contributed by atoms with Crippen LogP contribution < -0.4 is 0 Å². The van der Waals surface area contributed by atoms with Gasteiger partial charge in [0.15, 0.2) is 16.8 Å². The van der Waals surface area contributed by atoms with Crippen LogP contribution in [0.1, 0.15) is 10.4 Å². The molecule has 0 amide bonds. The molecule has 0 bridgehead atoms. The van der Waals surface area contributed by atoms with Gasteiger partial charge in [0, 0.05) is 0 Å². The fourth-order valence-corrected chi connectivity index (χ4v) is 1.52. The Morgan fingerprint density at radius 1 is 1.17 bits per heavy atom. The van der Waals surface area contributed by atoms with E-state index in [1.807, 2.05) is 0 Å². The predicted octanol–water partition coefficient (Wildman–Crippen LogP) is 1.50. The van der Waals surface area contributed by atoms with Crippen molar-refractivity contribution in [1.29, 1.82) is 0 Å².